The largest absolute Gasteiger partial charge is 0.0925 e. The van der Waals surface area contributed by atoms with Gasteiger partial charge < -0.3 is 0 Å². The highest BCUT2D eigenvalue weighted by atomic mass is 79.9. The minimum Gasteiger partial charge on any atom is -0.0925 e. The molecule has 0 atom stereocenters. The zero-order valence-electron chi connectivity index (χ0n) is 7.64. The van der Waals surface area contributed by atoms with Gasteiger partial charge in [-0.05, 0) is 30.5 Å². The predicted octanol–water partition coefficient (Wildman–Crippen LogP) is 4.88. The van der Waals surface area contributed by atoms with Gasteiger partial charge in [0.15, 0.2) is 0 Å². The lowest BCUT2D eigenvalue weighted by molar-refractivity contribution is 1.20. The minimum atomic E-state index is 0.684. The van der Waals surface area contributed by atoms with Crippen LogP contribution in [0.3, 0.4) is 0 Å². The van der Waals surface area contributed by atoms with Crippen LogP contribution in [0.1, 0.15) is 12.0 Å². The standard InChI is InChI=1S/C11H11BrCl2/c12-7-3-1-2-4-9-5-6-10(13)8-11(9)14/h1-2,5-6,8H,3-4,7H2. The third kappa shape index (κ3) is 4.04. The van der Waals surface area contributed by atoms with Gasteiger partial charge in [-0.1, -0.05) is 57.4 Å². The van der Waals surface area contributed by atoms with Crippen molar-refractivity contribution in [2.45, 2.75) is 12.8 Å². The smallest absolute Gasteiger partial charge is 0.0455 e. The quantitative estimate of drug-likeness (QED) is 0.548. The van der Waals surface area contributed by atoms with Crippen LogP contribution in [-0.2, 0) is 6.42 Å². The first-order valence-electron chi connectivity index (χ1n) is 4.39. The first-order valence-corrected chi connectivity index (χ1v) is 6.26. The molecular formula is C11H11BrCl2. The average Bonchev–Trinajstić information content (AvgIpc) is 2.15. The summed E-state index contributed by atoms with van der Waals surface area (Å²) in [4.78, 5) is 0. The van der Waals surface area contributed by atoms with Crippen molar-refractivity contribution in [1.29, 1.82) is 0 Å². The van der Waals surface area contributed by atoms with Gasteiger partial charge in [0.2, 0.25) is 0 Å². The molecule has 0 bridgehead atoms. The van der Waals surface area contributed by atoms with Crippen molar-refractivity contribution in [1.82, 2.24) is 0 Å². The van der Waals surface area contributed by atoms with Crippen molar-refractivity contribution in [2.24, 2.45) is 0 Å². The molecule has 0 unspecified atom stereocenters. The molecular weight excluding hydrogens is 283 g/mol. The lowest BCUT2D eigenvalue weighted by atomic mass is 10.1. The van der Waals surface area contributed by atoms with E-state index in [-0.39, 0.29) is 0 Å². The highest BCUT2D eigenvalue weighted by molar-refractivity contribution is 9.09. The Morgan fingerprint density at radius 2 is 2.00 bits per heavy atom. The van der Waals surface area contributed by atoms with E-state index in [0.29, 0.717) is 5.02 Å². The normalized spacial score (nSPS) is 11.1. The first-order chi connectivity index (χ1) is 6.74. The number of benzene rings is 1. The maximum absolute atomic E-state index is 6.01. The van der Waals surface area contributed by atoms with Crippen LogP contribution in [0.25, 0.3) is 0 Å². The summed E-state index contributed by atoms with van der Waals surface area (Å²) in [5.41, 5.74) is 1.11. The molecule has 0 heterocycles. The summed E-state index contributed by atoms with van der Waals surface area (Å²) in [6.07, 6.45) is 6.17. The first kappa shape index (κ1) is 12.1. The average molecular weight is 294 g/mol. The molecule has 0 nitrogen and oxygen atoms in total. The molecule has 0 aliphatic heterocycles. The highest BCUT2D eigenvalue weighted by Gasteiger charge is 1.98. The van der Waals surface area contributed by atoms with Gasteiger partial charge in [-0.3, -0.25) is 0 Å². The van der Waals surface area contributed by atoms with E-state index in [4.69, 9.17) is 23.2 Å². The molecule has 0 aliphatic carbocycles. The summed E-state index contributed by atoms with van der Waals surface area (Å²) in [7, 11) is 0. The number of alkyl halides is 1. The van der Waals surface area contributed by atoms with Crippen molar-refractivity contribution >= 4 is 39.1 Å². The maximum Gasteiger partial charge on any atom is 0.0455 e. The van der Waals surface area contributed by atoms with Gasteiger partial charge in [-0.25, -0.2) is 0 Å². The number of rotatable bonds is 4. The van der Waals surface area contributed by atoms with Crippen LogP contribution in [0.15, 0.2) is 30.4 Å². The molecule has 0 saturated carbocycles. The van der Waals surface area contributed by atoms with Crippen LogP contribution in [0, 0.1) is 0 Å². The van der Waals surface area contributed by atoms with Crippen molar-refractivity contribution in [3.8, 4) is 0 Å². The molecule has 1 aromatic rings. The van der Waals surface area contributed by atoms with Crippen LogP contribution in [-0.4, -0.2) is 5.33 Å². The summed E-state index contributed by atoms with van der Waals surface area (Å²) in [6.45, 7) is 0. The van der Waals surface area contributed by atoms with Crippen LogP contribution in [0.5, 0.6) is 0 Å². The Bertz CT molecular complexity index is 321. The summed E-state index contributed by atoms with van der Waals surface area (Å²) in [5, 5.41) is 2.42. The fourth-order valence-electron chi connectivity index (χ4n) is 1.08. The molecule has 3 heteroatoms. The molecule has 0 aliphatic rings. The van der Waals surface area contributed by atoms with Gasteiger partial charge >= 0.3 is 0 Å². The Balaban J connectivity index is 2.59. The van der Waals surface area contributed by atoms with Crippen molar-refractivity contribution < 1.29 is 0 Å². The van der Waals surface area contributed by atoms with Crippen molar-refractivity contribution in [3.05, 3.63) is 46.0 Å². The topological polar surface area (TPSA) is 0 Å². The summed E-state index contributed by atoms with van der Waals surface area (Å²) < 4.78 is 0. The van der Waals surface area contributed by atoms with Gasteiger partial charge in [0, 0.05) is 15.4 Å². The molecule has 0 aromatic heterocycles. The molecule has 0 fully saturated rings. The van der Waals surface area contributed by atoms with E-state index < -0.39 is 0 Å². The number of allylic oxidation sites excluding steroid dienone is 2. The van der Waals surface area contributed by atoms with E-state index in [1.165, 1.54) is 0 Å². The second-order valence-electron chi connectivity index (χ2n) is 2.89. The lowest BCUT2D eigenvalue weighted by Gasteiger charge is -2.00. The van der Waals surface area contributed by atoms with Gasteiger partial charge in [-0.15, -0.1) is 0 Å². The zero-order chi connectivity index (χ0) is 10.4. The minimum absolute atomic E-state index is 0.684. The van der Waals surface area contributed by atoms with Crippen molar-refractivity contribution in [2.75, 3.05) is 5.33 Å². The number of halogens is 3. The van der Waals surface area contributed by atoms with E-state index in [1.54, 1.807) is 6.07 Å². The molecule has 0 radical (unpaired) electrons. The zero-order valence-corrected chi connectivity index (χ0v) is 10.7. The van der Waals surface area contributed by atoms with E-state index in [0.717, 1.165) is 28.8 Å². The Morgan fingerprint density at radius 1 is 1.21 bits per heavy atom. The third-order valence-electron chi connectivity index (χ3n) is 1.80. The monoisotopic (exact) mass is 292 g/mol. The highest BCUT2D eigenvalue weighted by Crippen LogP contribution is 2.21. The predicted molar refractivity (Wildman–Crippen MR) is 67.7 cm³/mol. The fourth-order valence-corrected chi connectivity index (χ4v) is 1.83. The Hall–Kier alpha value is 0.0200. The van der Waals surface area contributed by atoms with Gasteiger partial charge in [0.1, 0.15) is 0 Å². The van der Waals surface area contributed by atoms with Gasteiger partial charge in [0.05, 0.1) is 0 Å². The van der Waals surface area contributed by atoms with Crippen LogP contribution >= 0.6 is 39.1 Å². The molecule has 14 heavy (non-hydrogen) atoms. The molecule has 0 amide bonds. The Kier molecular flexibility index (Phi) is 5.61. The summed E-state index contributed by atoms with van der Waals surface area (Å²) in [6, 6.07) is 5.60. The third-order valence-corrected chi connectivity index (χ3v) is 2.84. The second kappa shape index (κ2) is 6.49. The molecule has 76 valence electrons. The van der Waals surface area contributed by atoms with E-state index in [1.807, 2.05) is 12.1 Å². The van der Waals surface area contributed by atoms with E-state index in [9.17, 15) is 0 Å². The van der Waals surface area contributed by atoms with Gasteiger partial charge in [0.25, 0.3) is 0 Å². The molecule has 1 aromatic carbocycles. The van der Waals surface area contributed by atoms with E-state index >= 15 is 0 Å². The SMILES string of the molecule is Clc1ccc(CC=CCCBr)c(Cl)c1. The van der Waals surface area contributed by atoms with E-state index in [2.05, 4.69) is 28.1 Å². The number of hydrogen-bond donors (Lipinski definition) is 0. The summed E-state index contributed by atoms with van der Waals surface area (Å²) >= 11 is 15.2. The summed E-state index contributed by atoms with van der Waals surface area (Å²) in [5.74, 6) is 0. The molecule has 0 saturated heterocycles. The van der Waals surface area contributed by atoms with Crippen LogP contribution in [0.2, 0.25) is 10.0 Å². The van der Waals surface area contributed by atoms with Crippen LogP contribution in [0.4, 0.5) is 0 Å². The second-order valence-corrected chi connectivity index (χ2v) is 4.53. The fraction of sp³-hybridized carbons (Fsp3) is 0.273. The Morgan fingerprint density at radius 3 is 2.64 bits per heavy atom. The van der Waals surface area contributed by atoms with Crippen LogP contribution < -0.4 is 0 Å². The van der Waals surface area contributed by atoms with Crippen molar-refractivity contribution in [3.63, 3.8) is 0 Å². The Labute approximate surface area is 103 Å². The maximum atomic E-state index is 6.01. The molecule has 0 N–H and O–H groups in total. The van der Waals surface area contributed by atoms with Gasteiger partial charge in [-0.2, -0.15) is 0 Å². The lowest BCUT2D eigenvalue weighted by Crippen LogP contribution is -1.82. The molecule has 1 rings (SSSR count). The number of hydrogen-bond acceptors (Lipinski definition) is 0. The molecule has 0 spiro atoms.